The van der Waals surface area contributed by atoms with Crippen LogP contribution in [0.4, 0.5) is 4.79 Å². The first-order valence-corrected chi connectivity index (χ1v) is 14.9. The highest BCUT2D eigenvalue weighted by Gasteiger charge is 2.74. The van der Waals surface area contributed by atoms with Crippen molar-refractivity contribution in [1.82, 2.24) is 20.9 Å². The second-order valence-corrected chi connectivity index (χ2v) is 14.3. The summed E-state index contributed by atoms with van der Waals surface area (Å²) in [6, 6.07) is -3.40. The summed E-state index contributed by atoms with van der Waals surface area (Å²) in [6.45, 7) is 5.67. The number of likely N-dealkylation sites (tertiary alicyclic amines) is 1. The largest absolute Gasteiger partial charge is 0.363 e. The first-order chi connectivity index (χ1) is 18.2. The molecule has 0 radical (unpaired) electrons. The first-order valence-electron chi connectivity index (χ1n) is 14.1. The van der Waals surface area contributed by atoms with E-state index in [1.807, 2.05) is 20.8 Å². The Labute approximate surface area is 239 Å². The van der Waals surface area contributed by atoms with Crippen LogP contribution in [-0.4, -0.2) is 69.5 Å². The molecule has 4 fully saturated rings. The number of amides is 5. The zero-order valence-corrected chi connectivity index (χ0v) is 24.4. The molecular weight excluding hydrogens is 545 g/mol. The lowest BCUT2D eigenvalue weighted by Crippen LogP contribution is -2.62. The van der Waals surface area contributed by atoms with E-state index < -0.39 is 63.3 Å². The second-order valence-electron chi connectivity index (χ2n) is 12.8. The Hall–Kier alpha value is -2.07. The standard InChI is InChI=1S/C27H41Cl2N5O5/c1-26(2,3)21(33-25(39)31-15-10-5-4-6-11-15)24(38)34-13-16-18(27(16,28)29)19(34)23(37)32-17(20(35)22(30)36)12-14-8-7-9-14/h14-19,21H,4-13H2,1-3H3,(H2,30,36)(H,32,37)(H2,31,33,39)/t16?,17?,18-,19-,21+/m0/s1. The minimum absolute atomic E-state index is 0.0657. The Morgan fingerprint density at radius 3 is 2.15 bits per heavy atom. The maximum Gasteiger partial charge on any atom is 0.315 e. The molecule has 5 N–H and O–H groups in total. The fourth-order valence-electron chi connectivity index (χ4n) is 6.28. The van der Waals surface area contributed by atoms with Crippen LogP contribution >= 0.6 is 23.2 Å². The number of urea groups is 1. The molecule has 3 saturated carbocycles. The van der Waals surface area contributed by atoms with Crippen molar-refractivity contribution in [3.05, 3.63) is 0 Å². The third-order valence-electron chi connectivity index (χ3n) is 8.88. The topological polar surface area (TPSA) is 151 Å². The Kier molecular flexibility index (Phi) is 8.76. The molecule has 4 aliphatic rings. The summed E-state index contributed by atoms with van der Waals surface area (Å²) in [6.07, 6.45) is 8.22. The van der Waals surface area contributed by atoms with Gasteiger partial charge in [0.05, 0.1) is 6.04 Å². The average Bonchev–Trinajstić information content (AvgIpc) is 3.15. The Morgan fingerprint density at radius 1 is 0.974 bits per heavy atom. The van der Waals surface area contributed by atoms with Crippen molar-refractivity contribution < 1.29 is 24.0 Å². The highest BCUT2D eigenvalue weighted by molar-refractivity contribution is 6.51. The molecule has 1 aliphatic heterocycles. The van der Waals surface area contributed by atoms with Gasteiger partial charge in [-0.3, -0.25) is 19.2 Å². The van der Waals surface area contributed by atoms with Gasteiger partial charge in [0.15, 0.2) is 0 Å². The number of halogens is 2. The highest BCUT2D eigenvalue weighted by Crippen LogP contribution is 2.65. The molecule has 12 heteroatoms. The predicted octanol–water partition coefficient (Wildman–Crippen LogP) is 2.39. The van der Waals surface area contributed by atoms with Crippen molar-refractivity contribution >= 4 is 52.7 Å². The highest BCUT2D eigenvalue weighted by atomic mass is 35.5. The van der Waals surface area contributed by atoms with E-state index in [0.29, 0.717) is 6.42 Å². The molecule has 39 heavy (non-hydrogen) atoms. The molecule has 0 aromatic heterocycles. The van der Waals surface area contributed by atoms with Crippen molar-refractivity contribution in [3.8, 4) is 0 Å². The molecule has 218 valence electrons. The van der Waals surface area contributed by atoms with Crippen LogP contribution in [0.15, 0.2) is 0 Å². The van der Waals surface area contributed by atoms with E-state index in [2.05, 4.69) is 16.0 Å². The van der Waals surface area contributed by atoms with Gasteiger partial charge in [0.25, 0.3) is 5.91 Å². The van der Waals surface area contributed by atoms with Crippen molar-refractivity contribution in [2.45, 2.75) is 107 Å². The second kappa shape index (κ2) is 11.4. The molecule has 5 amide bonds. The lowest BCUT2D eigenvalue weighted by molar-refractivity contribution is -0.144. The number of carbonyl (C=O) groups is 5. The van der Waals surface area contributed by atoms with Gasteiger partial charge in [-0.15, -0.1) is 23.2 Å². The maximum absolute atomic E-state index is 13.9. The molecular formula is C27H41Cl2N5O5. The van der Waals surface area contributed by atoms with Crippen molar-refractivity contribution in [2.75, 3.05) is 6.54 Å². The van der Waals surface area contributed by atoms with Crippen molar-refractivity contribution in [2.24, 2.45) is 28.9 Å². The molecule has 0 aromatic carbocycles. The van der Waals surface area contributed by atoms with E-state index in [1.54, 1.807) is 0 Å². The van der Waals surface area contributed by atoms with Crippen LogP contribution in [0.2, 0.25) is 0 Å². The number of carbonyl (C=O) groups excluding carboxylic acids is 5. The third-order valence-corrected chi connectivity index (χ3v) is 9.95. The Bertz CT molecular complexity index is 1010. The van der Waals surface area contributed by atoms with Gasteiger partial charge < -0.3 is 26.6 Å². The fourth-order valence-corrected chi connectivity index (χ4v) is 7.10. The summed E-state index contributed by atoms with van der Waals surface area (Å²) in [5.41, 5.74) is 4.60. The number of nitrogens with zero attached hydrogens (tertiary/aromatic N) is 1. The van der Waals surface area contributed by atoms with Crippen LogP contribution in [0.25, 0.3) is 0 Å². The number of hydrogen-bond donors (Lipinski definition) is 4. The molecule has 1 saturated heterocycles. The SMILES string of the molecule is CC(C)(C)[C@H](NC(=O)NC1CCCCC1)C(=O)N1CC2[C@@H]([C@H]1C(=O)NC(CC1CCC1)C(=O)C(N)=O)C2(Cl)Cl. The Morgan fingerprint density at radius 2 is 1.62 bits per heavy atom. The van der Waals surface area contributed by atoms with E-state index in [9.17, 15) is 24.0 Å². The van der Waals surface area contributed by atoms with E-state index in [0.717, 1.165) is 51.4 Å². The zero-order valence-electron chi connectivity index (χ0n) is 22.9. The van der Waals surface area contributed by atoms with Gasteiger partial charge >= 0.3 is 6.03 Å². The Balaban J connectivity index is 1.50. The molecule has 10 nitrogen and oxygen atoms in total. The van der Waals surface area contributed by atoms with Gasteiger partial charge in [0, 0.05) is 24.4 Å². The van der Waals surface area contributed by atoms with Gasteiger partial charge in [-0.2, -0.15) is 0 Å². The molecule has 0 aromatic rings. The van der Waals surface area contributed by atoms with Gasteiger partial charge in [-0.1, -0.05) is 59.3 Å². The number of piperidine rings is 1. The van der Waals surface area contributed by atoms with Crippen molar-refractivity contribution in [1.29, 1.82) is 0 Å². The smallest absolute Gasteiger partial charge is 0.315 e. The summed E-state index contributed by atoms with van der Waals surface area (Å²) in [5, 5.41) is 8.53. The predicted molar refractivity (Wildman–Crippen MR) is 147 cm³/mol. The minimum atomic E-state index is -1.18. The van der Waals surface area contributed by atoms with Crippen LogP contribution in [-0.2, 0) is 19.2 Å². The van der Waals surface area contributed by atoms with E-state index in [1.165, 1.54) is 4.90 Å². The lowest BCUT2D eigenvalue weighted by atomic mass is 9.80. The minimum Gasteiger partial charge on any atom is -0.363 e. The van der Waals surface area contributed by atoms with Gasteiger partial charge in [0.2, 0.25) is 17.6 Å². The summed E-state index contributed by atoms with van der Waals surface area (Å²) >= 11 is 12.9. The molecule has 0 bridgehead atoms. The third kappa shape index (κ3) is 6.47. The number of nitrogens with two attached hydrogens (primary N) is 1. The van der Waals surface area contributed by atoms with Crippen LogP contribution in [0.1, 0.15) is 78.6 Å². The van der Waals surface area contributed by atoms with E-state index in [4.69, 9.17) is 28.9 Å². The number of primary amides is 1. The number of alkyl halides is 2. The van der Waals surface area contributed by atoms with Crippen molar-refractivity contribution in [3.63, 3.8) is 0 Å². The molecule has 0 spiro atoms. The normalized spacial score (nSPS) is 27.9. The number of hydrogen-bond acceptors (Lipinski definition) is 5. The van der Waals surface area contributed by atoms with Crippen LogP contribution in [0.5, 0.6) is 0 Å². The maximum atomic E-state index is 13.9. The number of fused-ring (bicyclic) bond motifs is 1. The number of ketones is 1. The molecule has 1 heterocycles. The molecule has 2 unspecified atom stereocenters. The van der Waals surface area contributed by atoms with E-state index in [-0.39, 0.29) is 24.4 Å². The molecule has 5 atom stereocenters. The van der Waals surface area contributed by atoms with Crippen LogP contribution in [0, 0.1) is 23.2 Å². The number of rotatable bonds is 9. The number of Topliss-reactive ketones (excluding diaryl/α,β-unsaturated/α-hetero) is 1. The fraction of sp³-hybridized carbons (Fsp3) is 0.815. The number of nitrogens with one attached hydrogen (secondary N) is 3. The van der Waals surface area contributed by atoms with Crippen LogP contribution in [0.3, 0.4) is 0 Å². The average molecular weight is 587 g/mol. The van der Waals surface area contributed by atoms with Crippen LogP contribution < -0.4 is 21.7 Å². The van der Waals surface area contributed by atoms with Gasteiger partial charge in [-0.05, 0) is 30.6 Å². The summed E-state index contributed by atoms with van der Waals surface area (Å²) < 4.78 is -1.18. The molecule has 3 aliphatic carbocycles. The monoisotopic (exact) mass is 585 g/mol. The lowest BCUT2D eigenvalue weighted by Gasteiger charge is -2.38. The quantitative estimate of drug-likeness (QED) is 0.242. The first kappa shape index (κ1) is 29.9. The van der Waals surface area contributed by atoms with E-state index >= 15 is 0 Å². The summed E-state index contributed by atoms with van der Waals surface area (Å²) in [7, 11) is 0. The van der Waals surface area contributed by atoms with Gasteiger partial charge in [-0.25, -0.2) is 4.79 Å². The molecule has 4 rings (SSSR count). The summed E-state index contributed by atoms with van der Waals surface area (Å²) in [4.78, 5) is 66.2. The summed E-state index contributed by atoms with van der Waals surface area (Å²) in [5.74, 6) is -3.65. The van der Waals surface area contributed by atoms with Gasteiger partial charge in [0.1, 0.15) is 16.4 Å². The zero-order chi connectivity index (χ0) is 28.7.